The molecule has 0 saturated carbocycles. The molecule has 0 atom stereocenters. The van der Waals surface area contributed by atoms with E-state index in [0.717, 1.165) is 0 Å². The van der Waals surface area contributed by atoms with Crippen molar-refractivity contribution >= 4 is 14.7 Å². The van der Waals surface area contributed by atoms with Crippen LogP contribution < -0.4 is 5.19 Å². The van der Waals surface area contributed by atoms with E-state index in [1.807, 2.05) is 0 Å². The largest absolute Gasteiger partial charge is 0.0835 e. The van der Waals surface area contributed by atoms with Crippen LogP contribution in [0.3, 0.4) is 0 Å². The Morgan fingerprint density at radius 1 is 0.913 bits per heavy atom. The van der Waals surface area contributed by atoms with Gasteiger partial charge in [0.2, 0.25) is 0 Å². The maximum absolute atomic E-state index is 2.59. The van der Waals surface area contributed by atoms with E-state index in [4.69, 9.17) is 0 Å². The average Bonchev–Trinajstić information content (AvgIpc) is 2.86. The molecule has 0 unspecified atom stereocenters. The van der Waals surface area contributed by atoms with Crippen LogP contribution in [-0.4, -0.2) is 9.52 Å². The first-order valence-electron chi connectivity index (χ1n) is 9.52. The fraction of sp³-hybridized carbons (Fsp3) is 0.545. The van der Waals surface area contributed by atoms with Gasteiger partial charge in [0, 0.05) is 0 Å². The number of unbranched alkanes of at least 4 members (excludes halogenated alkanes) is 2. The Labute approximate surface area is 145 Å². The summed E-state index contributed by atoms with van der Waals surface area (Å²) in [6.45, 7) is 11.4. The van der Waals surface area contributed by atoms with Gasteiger partial charge in [-0.15, -0.1) is 0 Å². The molecule has 0 spiro atoms. The molecular formula is C22H34Si. The minimum absolute atomic E-state index is 0.298. The van der Waals surface area contributed by atoms with Crippen LogP contribution in [0.1, 0.15) is 75.5 Å². The normalized spacial score (nSPS) is 15.1. The first-order chi connectivity index (χ1) is 11.0. The van der Waals surface area contributed by atoms with Gasteiger partial charge >= 0.3 is 0 Å². The molecule has 0 nitrogen and oxygen atoms in total. The predicted octanol–water partition coefficient (Wildman–Crippen LogP) is 5.37. The van der Waals surface area contributed by atoms with Crippen molar-refractivity contribution in [2.45, 2.75) is 79.6 Å². The van der Waals surface area contributed by atoms with Gasteiger partial charge in [0.15, 0.2) is 0 Å². The Morgan fingerprint density at radius 2 is 1.61 bits per heavy atom. The summed E-state index contributed by atoms with van der Waals surface area (Å²) in [5.74, 6) is 0. The van der Waals surface area contributed by atoms with E-state index >= 15 is 0 Å². The summed E-state index contributed by atoms with van der Waals surface area (Å²) in [6.07, 6.45) is 11.9. The minimum atomic E-state index is -0.298. The highest BCUT2D eigenvalue weighted by Crippen LogP contribution is 2.31. The highest BCUT2D eigenvalue weighted by Gasteiger charge is 2.17. The van der Waals surface area contributed by atoms with Crippen LogP contribution in [0.4, 0.5) is 0 Å². The molecule has 0 heterocycles. The molecule has 0 radical (unpaired) electrons. The zero-order chi connectivity index (χ0) is 16.8. The average molecular weight is 327 g/mol. The fourth-order valence-corrected chi connectivity index (χ4v) is 5.96. The molecule has 0 bridgehead atoms. The van der Waals surface area contributed by atoms with Crippen LogP contribution in [0.25, 0.3) is 0 Å². The van der Waals surface area contributed by atoms with Gasteiger partial charge in [0.1, 0.15) is 0 Å². The molecule has 0 amide bonds. The molecule has 1 aliphatic carbocycles. The monoisotopic (exact) mass is 326 g/mol. The maximum Gasteiger partial charge on any atom is 0.0835 e. The third kappa shape index (κ3) is 4.94. The van der Waals surface area contributed by atoms with Gasteiger partial charge in [0.25, 0.3) is 0 Å². The summed E-state index contributed by atoms with van der Waals surface area (Å²) in [6, 6.07) is 4.74. The number of hydrogen-bond donors (Lipinski definition) is 0. The molecule has 2 rings (SSSR count). The van der Waals surface area contributed by atoms with Gasteiger partial charge in [-0.05, 0) is 52.0 Å². The van der Waals surface area contributed by atoms with Crippen LogP contribution in [0.15, 0.2) is 34.6 Å². The van der Waals surface area contributed by atoms with E-state index in [9.17, 15) is 0 Å². The lowest BCUT2D eigenvalue weighted by molar-refractivity contribution is 0.702. The summed E-state index contributed by atoms with van der Waals surface area (Å²) in [5.41, 5.74) is 7.90. The zero-order valence-electron chi connectivity index (χ0n) is 15.9. The highest BCUT2D eigenvalue weighted by atomic mass is 28.2. The molecule has 0 aromatic heterocycles. The molecule has 1 heteroatoms. The highest BCUT2D eigenvalue weighted by molar-refractivity contribution is 6.62. The molecule has 126 valence electrons. The van der Waals surface area contributed by atoms with Gasteiger partial charge in [-0.2, -0.15) is 0 Å². The first-order valence-corrected chi connectivity index (χ1v) is 10.9. The number of aryl methyl sites for hydroxylation is 3. The number of benzene rings is 1. The Morgan fingerprint density at radius 3 is 2.22 bits per heavy atom. The number of hydrogen-bond acceptors (Lipinski definition) is 0. The molecular weight excluding hydrogens is 292 g/mol. The molecule has 0 fully saturated rings. The van der Waals surface area contributed by atoms with Crippen LogP contribution in [0.2, 0.25) is 0 Å². The quantitative estimate of drug-likeness (QED) is 0.445. The van der Waals surface area contributed by atoms with Crippen molar-refractivity contribution in [1.29, 1.82) is 0 Å². The van der Waals surface area contributed by atoms with Crippen molar-refractivity contribution in [1.82, 2.24) is 0 Å². The summed E-state index contributed by atoms with van der Waals surface area (Å²) in [4.78, 5) is 0. The Bertz CT molecular complexity index is 581. The van der Waals surface area contributed by atoms with Crippen LogP contribution in [0.5, 0.6) is 0 Å². The lowest BCUT2D eigenvalue weighted by Crippen LogP contribution is -2.23. The van der Waals surface area contributed by atoms with E-state index in [1.54, 1.807) is 21.5 Å². The lowest BCUT2D eigenvalue weighted by atomic mass is 10.0. The second-order valence-electron chi connectivity index (χ2n) is 7.37. The Hall–Kier alpha value is -1.08. The van der Waals surface area contributed by atoms with E-state index in [0.29, 0.717) is 0 Å². The molecule has 1 aromatic carbocycles. The molecule has 1 aromatic rings. The molecule has 0 aliphatic heterocycles. The standard InChI is InChI=1S/C22H34Si/c1-6-8-9-11-20-15-21(14-19(20)10-7-2)23-22-17(4)12-16(3)13-18(22)5/h12-14H,6-11,15,23H2,1-5H3. The fourth-order valence-electron chi connectivity index (χ4n) is 3.97. The number of allylic oxidation sites excluding steroid dienone is 4. The van der Waals surface area contributed by atoms with Crippen molar-refractivity contribution < 1.29 is 0 Å². The Balaban J connectivity index is 2.10. The lowest BCUT2D eigenvalue weighted by Gasteiger charge is -2.12. The first kappa shape index (κ1) is 18.3. The van der Waals surface area contributed by atoms with Crippen molar-refractivity contribution in [2.24, 2.45) is 0 Å². The van der Waals surface area contributed by atoms with Crippen molar-refractivity contribution in [3.8, 4) is 0 Å². The van der Waals surface area contributed by atoms with Crippen molar-refractivity contribution in [3.05, 3.63) is 51.2 Å². The zero-order valence-corrected chi connectivity index (χ0v) is 17.3. The second-order valence-corrected chi connectivity index (χ2v) is 9.34. The Kier molecular flexibility index (Phi) is 6.89. The van der Waals surface area contributed by atoms with Gasteiger partial charge in [-0.1, -0.05) is 84.0 Å². The van der Waals surface area contributed by atoms with Gasteiger partial charge < -0.3 is 0 Å². The van der Waals surface area contributed by atoms with E-state index in [1.165, 1.54) is 61.6 Å². The smallest absolute Gasteiger partial charge is 0.0783 e. The summed E-state index contributed by atoms with van der Waals surface area (Å²) >= 11 is 0. The summed E-state index contributed by atoms with van der Waals surface area (Å²) in [7, 11) is -0.298. The summed E-state index contributed by atoms with van der Waals surface area (Å²) < 4.78 is 0. The SMILES string of the molecule is CCCCCC1=C(CCC)C=C([SiH2]c2c(C)cc(C)cc2C)C1. The van der Waals surface area contributed by atoms with Crippen LogP contribution >= 0.6 is 0 Å². The van der Waals surface area contributed by atoms with Crippen molar-refractivity contribution in [3.63, 3.8) is 0 Å². The molecule has 0 N–H and O–H groups in total. The third-order valence-corrected chi connectivity index (χ3v) is 7.50. The van der Waals surface area contributed by atoms with Crippen LogP contribution in [0, 0.1) is 20.8 Å². The topological polar surface area (TPSA) is 0 Å². The second kappa shape index (κ2) is 8.68. The maximum atomic E-state index is 2.59. The molecule has 0 saturated heterocycles. The van der Waals surface area contributed by atoms with Gasteiger partial charge in [-0.25, -0.2) is 0 Å². The van der Waals surface area contributed by atoms with E-state index < -0.39 is 0 Å². The van der Waals surface area contributed by atoms with Gasteiger partial charge in [-0.3, -0.25) is 0 Å². The molecule has 1 aliphatic rings. The summed E-state index contributed by atoms with van der Waals surface area (Å²) in [5, 5.41) is 3.46. The van der Waals surface area contributed by atoms with E-state index in [-0.39, 0.29) is 9.52 Å². The molecule has 23 heavy (non-hydrogen) atoms. The predicted molar refractivity (Wildman–Crippen MR) is 108 cm³/mol. The number of rotatable bonds is 8. The minimum Gasteiger partial charge on any atom is -0.0783 e. The van der Waals surface area contributed by atoms with Gasteiger partial charge in [0.05, 0.1) is 9.52 Å². The van der Waals surface area contributed by atoms with Crippen LogP contribution in [-0.2, 0) is 0 Å². The third-order valence-electron chi connectivity index (χ3n) is 5.12. The van der Waals surface area contributed by atoms with Crippen molar-refractivity contribution in [2.75, 3.05) is 0 Å². The van der Waals surface area contributed by atoms with E-state index in [2.05, 4.69) is 52.8 Å².